The normalized spacial score (nSPS) is 9.79. The Hall–Kier alpha value is -2.37. The lowest BCUT2D eigenvalue weighted by atomic mass is 10.1. The molecule has 0 saturated carbocycles. The molecular formula is C13H16N2O4. The van der Waals surface area contributed by atoms with Gasteiger partial charge in [0, 0.05) is 19.2 Å². The molecule has 6 nitrogen and oxygen atoms in total. The van der Waals surface area contributed by atoms with Gasteiger partial charge < -0.3 is 15.3 Å². The quantitative estimate of drug-likeness (QED) is 0.815. The monoisotopic (exact) mass is 264 g/mol. The predicted molar refractivity (Wildman–Crippen MR) is 69.0 cm³/mol. The number of likely N-dealkylation sites (N-methyl/N-ethyl adjacent to an activating group) is 2. The first-order valence-corrected chi connectivity index (χ1v) is 5.82. The van der Waals surface area contributed by atoms with Crippen LogP contribution < -0.4 is 5.32 Å². The van der Waals surface area contributed by atoms with Crippen LogP contribution in [0.2, 0.25) is 0 Å². The fourth-order valence-corrected chi connectivity index (χ4v) is 1.55. The molecule has 0 atom stereocenters. The molecule has 2 N–H and O–H groups in total. The van der Waals surface area contributed by atoms with Gasteiger partial charge in [0.2, 0.25) is 5.91 Å². The fourth-order valence-electron chi connectivity index (χ4n) is 1.55. The second-order valence-corrected chi connectivity index (χ2v) is 3.88. The summed E-state index contributed by atoms with van der Waals surface area (Å²) in [5.74, 6) is -1.73. The molecule has 0 radical (unpaired) electrons. The third-order valence-corrected chi connectivity index (χ3v) is 2.64. The van der Waals surface area contributed by atoms with Crippen LogP contribution in [0.5, 0.6) is 0 Å². The first kappa shape index (κ1) is 14.7. The number of carbonyl (C=O) groups is 3. The Morgan fingerprint density at radius 1 is 1.26 bits per heavy atom. The van der Waals surface area contributed by atoms with E-state index in [2.05, 4.69) is 5.32 Å². The van der Waals surface area contributed by atoms with E-state index in [0.717, 1.165) is 0 Å². The van der Waals surface area contributed by atoms with Crippen LogP contribution >= 0.6 is 0 Å². The summed E-state index contributed by atoms with van der Waals surface area (Å²) in [5.41, 5.74) is 0.299. The topological polar surface area (TPSA) is 86.7 Å². The fraction of sp³-hybridized carbons (Fsp3) is 0.308. The number of nitrogens with one attached hydrogen (secondary N) is 1. The van der Waals surface area contributed by atoms with Gasteiger partial charge in [0.15, 0.2) is 0 Å². The summed E-state index contributed by atoms with van der Waals surface area (Å²) in [6.07, 6.45) is 0. The second kappa shape index (κ2) is 6.53. The minimum Gasteiger partial charge on any atom is -0.478 e. The van der Waals surface area contributed by atoms with Crippen molar-refractivity contribution >= 4 is 17.8 Å². The number of carboxylic acid groups (broad SMARTS) is 1. The Morgan fingerprint density at radius 2 is 1.89 bits per heavy atom. The number of carbonyl (C=O) groups excluding carboxylic acids is 2. The van der Waals surface area contributed by atoms with Gasteiger partial charge in [0.1, 0.15) is 0 Å². The van der Waals surface area contributed by atoms with Gasteiger partial charge >= 0.3 is 5.97 Å². The summed E-state index contributed by atoms with van der Waals surface area (Å²) in [6.45, 7) is 2.06. The summed E-state index contributed by atoms with van der Waals surface area (Å²) >= 11 is 0. The van der Waals surface area contributed by atoms with E-state index in [-0.39, 0.29) is 29.5 Å². The van der Waals surface area contributed by atoms with E-state index in [4.69, 9.17) is 5.11 Å². The number of carboxylic acids is 1. The van der Waals surface area contributed by atoms with Crippen molar-refractivity contribution < 1.29 is 19.5 Å². The molecular weight excluding hydrogens is 248 g/mol. The Balaban J connectivity index is 2.94. The molecule has 1 aromatic carbocycles. The smallest absolute Gasteiger partial charge is 0.335 e. The van der Waals surface area contributed by atoms with Crippen molar-refractivity contribution in [2.75, 3.05) is 20.1 Å². The summed E-state index contributed by atoms with van der Waals surface area (Å²) < 4.78 is 0. The molecule has 0 bridgehead atoms. The zero-order valence-electron chi connectivity index (χ0n) is 10.8. The molecule has 0 spiro atoms. The van der Waals surface area contributed by atoms with Crippen molar-refractivity contribution in [2.45, 2.75) is 6.92 Å². The lowest BCUT2D eigenvalue weighted by molar-refractivity contribution is -0.121. The standard InChI is InChI=1S/C13H16N2O4/c1-3-15(8-11(16)14-2)12(17)9-5-4-6-10(7-9)13(18)19/h4-7H,3,8H2,1-2H3,(H,14,16)(H,18,19). The van der Waals surface area contributed by atoms with Crippen LogP contribution in [0.3, 0.4) is 0 Å². The van der Waals surface area contributed by atoms with E-state index in [0.29, 0.717) is 6.54 Å². The predicted octanol–water partition coefficient (Wildman–Crippen LogP) is 0.593. The van der Waals surface area contributed by atoms with E-state index in [1.165, 1.54) is 36.2 Å². The number of amides is 2. The van der Waals surface area contributed by atoms with Crippen molar-refractivity contribution in [3.05, 3.63) is 35.4 Å². The highest BCUT2D eigenvalue weighted by atomic mass is 16.4. The van der Waals surface area contributed by atoms with Gasteiger partial charge in [-0.1, -0.05) is 6.07 Å². The van der Waals surface area contributed by atoms with Gasteiger partial charge in [-0.05, 0) is 25.1 Å². The first-order chi connectivity index (χ1) is 8.99. The molecule has 6 heteroatoms. The number of hydrogen-bond donors (Lipinski definition) is 2. The van der Waals surface area contributed by atoms with Gasteiger partial charge in [0.05, 0.1) is 12.1 Å². The van der Waals surface area contributed by atoms with Crippen LogP contribution in [0.4, 0.5) is 0 Å². The molecule has 1 rings (SSSR count). The first-order valence-electron chi connectivity index (χ1n) is 5.82. The average molecular weight is 264 g/mol. The second-order valence-electron chi connectivity index (χ2n) is 3.88. The van der Waals surface area contributed by atoms with Gasteiger partial charge in [-0.3, -0.25) is 9.59 Å². The van der Waals surface area contributed by atoms with Gasteiger partial charge in [0.25, 0.3) is 5.91 Å². The van der Waals surface area contributed by atoms with Crippen molar-refractivity contribution in [1.29, 1.82) is 0 Å². The summed E-state index contributed by atoms with van der Waals surface area (Å²) in [5, 5.41) is 11.3. The number of aromatic carboxylic acids is 1. The average Bonchev–Trinajstić information content (AvgIpc) is 2.43. The highest BCUT2D eigenvalue weighted by Gasteiger charge is 2.17. The number of benzene rings is 1. The zero-order chi connectivity index (χ0) is 14.4. The third kappa shape index (κ3) is 3.80. The molecule has 0 unspecified atom stereocenters. The molecule has 0 saturated heterocycles. The van der Waals surface area contributed by atoms with Gasteiger partial charge in [-0.25, -0.2) is 4.79 Å². The minimum absolute atomic E-state index is 0.0434. The van der Waals surface area contributed by atoms with Crippen LogP contribution in [0, 0.1) is 0 Å². The Labute approximate surface area is 111 Å². The maximum absolute atomic E-state index is 12.2. The van der Waals surface area contributed by atoms with E-state index < -0.39 is 5.97 Å². The summed E-state index contributed by atoms with van der Waals surface area (Å²) in [4.78, 5) is 35.6. The highest BCUT2D eigenvalue weighted by molar-refractivity contribution is 5.98. The van der Waals surface area contributed by atoms with Crippen molar-refractivity contribution in [3.63, 3.8) is 0 Å². The maximum atomic E-state index is 12.2. The Kier molecular flexibility index (Phi) is 5.05. The SMILES string of the molecule is CCN(CC(=O)NC)C(=O)c1cccc(C(=O)O)c1. The van der Waals surface area contributed by atoms with Gasteiger partial charge in [-0.15, -0.1) is 0 Å². The van der Waals surface area contributed by atoms with E-state index in [1.54, 1.807) is 6.92 Å². The lowest BCUT2D eigenvalue weighted by Gasteiger charge is -2.20. The Morgan fingerprint density at radius 3 is 2.42 bits per heavy atom. The van der Waals surface area contributed by atoms with Crippen molar-refractivity contribution in [1.82, 2.24) is 10.2 Å². The number of hydrogen-bond acceptors (Lipinski definition) is 3. The molecule has 102 valence electrons. The zero-order valence-corrected chi connectivity index (χ0v) is 10.8. The molecule has 0 fully saturated rings. The molecule has 0 aliphatic heterocycles. The number of nitrogens with zero attached hydrogens (tertiary/aromatic N) is 1. The molecule has 0 aromatic heterocycles. The lowest BCUT2D eigenvalue weighted by Crippen LogP contribution is -2.39. The van der Waals surface area contributed by atoms with Crippen LogP contribution in [0.25, 0.3) is 0 Å². The summed E-state index contributed by atoms with van der Waals surface area (Å²) in [7, 11) is 1.49. The molecule has 1 aromatic rings. The molecule has 0 aliphatic carbocycles. The van der Waals surface area contributed by atoms with Crippen LogP contribution in [0.1, 0.15) is 27.6 Å². The maximum Gasteiger partial charge on any atom is 0.335 e. The molecule has 0 heterocycles. The van der Waals surface area contributed by atoms with Crippen LogP contribution in [-0.2, 0) is 4.79 Å². The third-order valence-electron chi connectivity index (χ3n) is 2.64. The number of rotatable bonds is 5. The van der Waals surface area contributed by atoms with Crippen molar-refractivity contribution in [3.8, 4) is 0 Å². The summed E-state index contributed by atoms with van der Waals surface area (Å²) in [6, 6.07) is 5.75. The van der Waals surface area contributed by atoms with Gasteiger partial charge in [-0.2, -0.15) is 0 Å². The molecule has 2 amide bonds. The largest absolute Gasteiger partial charge is 0.478 e. The Bertz CT molecular complexity index is 499. The van der Waals surface area contributed by atoms with Crippen LogP contribution in [0.15, 0.2) is 24.3 Å². The van der Waals surface area contributed by atoms with Crippen LogP contribution in [-0.4, -0.2) is 47.9 Å². The highest BCUT2D eigenvalue weighted by Crippen LogP contribution is 2.08. The molecule has 19 heavy (non-hydrogen) atoms. The molecule has 0 aliphatic rings. The van der Waals surface area contributed by atoms with E-state index >= 15 is 0 Å². The van der Waals surface area contributed by atoms with Crippen molar-refractivity contribution in [2.24, 2.45) is 0 Å². The van der Waals surface area contributed by atoms with E-state index in [1.807, 2.05) is 0 Å². The van der Waals surface area contributed by atoms with E-state index in [9.17, 15) is 14.4 Å². The minimum atomic E-state index is -1.09.